The standard InChI is InChI=1S/C18H18F2N2O2/c1-10-7-15(16(20)11(2)17(10)21-18(23)24)22-6-5-12-8-14(19)4-3-13(12)9-22/h3-4,7-8,21H,5-6,9H2,1-2H3,(H,23,24). The van der Waals surface area contributed by atoms with Crippen LogP contribution in [0.15, 0.2) is 24.3 Å². The zero-order chi connectivity index (χ0) is 17.4. The van der Waals surface area contributed by atoms with Crippen LogP contribution in [0.4, 0.5) is 25.0 Å². The molecule has 1 aliphatic rings. The molecule has 0 atom stereocenters. The van der Waals surface area contributed by atoms with E-state index >= 15 is 0 Å². The van der Waals surface area contributed by atoms with Gasteiger partial charge in [0.15, 0.2) is 5.82 Å². The van der Waals surface area contributed by atoms with Gasteiger partial charge in [-0.25, -0.2) is 13.6 Å². The normalized spacial score (nSPS) is 13.6. The Hall–Kier alpha value is -2.63. The van der Waals surface area contributed by atoms with E-state index in [1.54, 1.807) is 26.0 Å². The molecule has 0 aliphatic carbocycles. The summed E-state index contributed by atoms with van der Waals surface area (Å²) in [6, 6.07) is 6.32. The smallest absolute Gasteiger partial charge is 0.409 e. The van der Waals surface area contributed by atoms with Gasteiger partial charge in [-0.1, -0.05) is 6.07 Å². The van der Waals surface area contributed by atoms with Crippen molar-refractivity contribution in [2.24, 2.45) is 0 Å². The first kappa shape index (κ1) is 16.2. The molecule has 0 unspecified atom stereocenters. The number of carboxylic acid groups (broad SMARTS) is 1. The monoisotopic (exact) mass is 332 g/mol. The Bertz CT molecular complexity index is 821. The molecule has 1 heterocycles. The van der Waals surface area contributed by atoms with E-state index in [2.05, 4.69) is 5.32 Å². The summed E-state index contributed by atoms with van der Waals surface area (Å²) in [6.45, 7) is 4.38. The lowest BCUT2D eigenvalue weighted by molar-refractivity contribution is 0.209. The molecule has 6 heteroatoms. The maximum absolute atomic E-state index is 14.8. The average Bonchev–Trinajstić information content (AvgIpc) is 2.54. The highest BCUT2D eigenvalue weighted by atomic mass is 19.1. The van der Waals surface area contributed by atoms with Gasteiger partial charge in [0.1, 0.15) is 5.82 Å². The Morgan fingerprint density at radius 3 is 2.67 bits per heavy atom. The highest BCUT2D eigenvalue weighted by molar-refractivity contribution is 5.86. The van der Waals surface area contributed by atoms with Gasteiger partial charge in [0.05, 0.1) is 11.4 Å². The number of nitrogens with zero attached hydrogens (tertiary/aromatic N) is 1. The van der Waals surface area contributed by atoms with Crippen LogP contribution in [0.2, 0.25) is 0 Å². The van der Waals surface area contributed by atoms with Crippen molar-refractivity contribution in [1.82, 2.24) is 0 Å². The maximum atomic E-state index is 14.8. The molecule has 1 aliphatic heterocycles. The molecule has 24 heavy (non-hydrogen) atoms. The molecule has 2 N–H and O–H groups in total. The predicted octanol–water partition coefficient (Wildman–Crippen LogP) is 4.23. The van der Waals surface area contributed by atoms with E-state index in [1.807, 2.05) is 4.90 Å². The third kappa shape index (κ3) is 2.91. The molecule has 4 nitrogen and oxygen atoms in total. The number of carbonyl (C=O) groups is 1. The minimum Gasteiger partial charge on any atom is -0.465 e. The third-order valence-electron chi connectivity index (χ3n) is 4.43. The number of amides is 1. The van der Waals surface area contributed by atoms with Crippen molar-refractivity contribution >= 4 is 17.5 Å². The van der Waals surface area contributed by atoms with E-state index < -0.39 is 11.9 Å². The van der Waals surface area contributed by atoms with E-state index in [0.717, 1.165) is 11.1 Å². The van der Waals surface area contributed by atoms with Crippen molar-refractivity contribution in [2.45, 2.75) is 26.8 Å². The fourth-order valence-corrected chi connectivity index (χ4v) is 3.19. The van der Waals surface area contributed by atoms with Crippen LogP contribution in [0.25, 0.3) is 0 Å². The Kier molecular flexibility index (Phi) is 4.13. The fourth-order valence-electron chi connectivity index (χ4n) is 3.19. The molecule has 2 aromatic rings. The van der Waals surface area contributed by atoms with E-state index in [1.165, 1.54) is 12.1 Å². The molecule has 0 fully saturated rings. The molecule has 0 spiro atoms. The van der Waals surface area contributed by atoms with Crippen LogP contribution in [-0.2, 0) is 13.0 Å². The van der Waals surface area contributed by atoms with Crippen LogP contribution in [0.5, 0.6) is 0 Å². The second-order valence-corrected chi connectivity index (χ2v) is 6.04. The third-order valence-corrected chi connectivity index (χ3v) is 4.43. The summed E-state index contributed by atoms with van der Waals surface area (Å²) in [4.78, 5) is 12.8. The summed E-state index contributed by atoms with van der Waals surface area (Å²) in [5.74, 6) is -0.695. The van der Waals surface area contributed by atoms with Crippen LogP contribution in [0, 0.1) is 25.5 Å². The number of halogens is 2. The molecule has 126 valence electrons. The Morgan fingerprint density at radius 2 is 1.96 bits per heavy atom. The van der Waals surface area contributed by atoms with Gasteiger partial charge in [-0.05, 0) is 55.2 Å². The van der Waals surface area contributed by atoms with Crippen molar-refractivity contribution in [3.8, 4) is 0 Å². The quantitative estimate of drug-likeness (QED) is 0.865. The largest absolute Gasteiger partial charge is 0.465 e. The number of nitrogens with one attached hydrogen (secondary N) is 1. The van der Waals surface area contributed by atoms with Gasteiger partial charge < -0.3 is 10.0 Å². The second kappa shape index (κ2) is 6.11. The number of hydrogen-bond acceptors (Lipinski definition) is 2. The van der Waals surface area contributed by atoms with Crippen LogP contribution >= 0.6 is 0 Å². The van der Waals surface area contributed by atoms with Gasteiger partial charge >= 0.3 is 6.09 Å². The van der Waals surface area contributed by atoms with Crippen LogP contribution in [0.3, 0.4) is 0 Å². The molecule has 3 rings (SSSR count). The SMILES string of the molecule is Cc1cc(N2CCc3cc(F)ccc3C2)c(F)c(C)c1NC(=O)O. The van der Waals surface area contributed by atoms with Crippen molar-refractivity contribution in [1.29, 1.82) is 0 Å². The summed E-state index contributed by atoms with van der Waals surface area (Å²) < 4.78 is 28.1. The molecule has 0 aromatic heterocycles. The van der Waals surface area contributed by atoms with Gasteiger partial charge in [-0.2, -0.15) is 0 Å². The van der Waals surface area contributed by atoms with Crippen molar-refractivity contribution in [2.75, 3.05) is 16.8 Å². The predicted molar refractivity (Wildman–Crippen MR) is 88.7 cm³/mol. The summed E-state index contributed by atoms with van der Waals surface area (Å²) in [5.41, 5.74) is 3.59. The number of aryl methyl sites for hydroxylation is 1. The molecular weight excluding hydrogens is 314 g/mol. The summed E-state index contributed by atoms with van der Waals surface area (Å²) in [5, 5.41) is 11.1. The molecule has 0 bridgehead atoms. The molecule has 0 saturated carbocycles. The van der Waals surface area contributed by atoms with Crippen molar-refractivity contribution in [3.05, 3.63) is 58.2 Å². The second-order valence-electron chi connectivity index (χ2n) is 6.04. The minimum atomic E-state index is -1.22. The first-order valence-corrected chi connectivity index (χ1v) is 7.68. The van der Waals surface area contributed by atoms with E-state index in [-0.39, 0.29) is 17.1 Å². The number of anilines is 2. The number of rotatable bonds is 2. The lowest BCUT2D eigenvalue weighted by Crippen LogP contribution is -2.31. The van der Waals surface area contributed by atoms with Crippen molar-refractivity contribution in [3.63, 3.8) is 0 Å². The van der Waals surface area contributed by atoms with E-state index in [0.29, 0.717) is 30.8 Å². The minimum absolute atomic E-state index is 0.260. The average molecular weight is 332 g/mol. The van der Waals surface area contributed by atoms with Gasteiger partial charge in [0.2, 0.25) is 0 Å². The lowest BCUT2D eigenvalue weighted by atomic mass is 9.98. The molecule has 2 aromatic carbocycles. The first-order chi connectivity index (χ1) is 11.4. The number of benzene rings is 2. The number of hydrogen-bond donors (Lipinski definition) is 2. The Labute approximate surface area is 138 Å². The summed E-state index contributed by atoms with van der Waals surface area (Å²) >= 11 is 0. The van der Waals surface area contributed by atoms with Crippen LogP contribution < -0.4 is 10.2 Å². The van der Waals surface area contributed by atoms with Gasteiger partial charge in [0, 0.05) is 18.7 Å². The van der Waals surface area contributed by atoms with E-state index in [9.17, 15) is 13.6 Å². The van der Waals surface area contributed by atoms with Crippen molar-refractivity contribution < 1.29 is 18.7 Å². The molecule has 0 saturated heterocycles. The van der Waals surface area contributed by atoms with Crippen LogP contribution in [0.1, 0.15) is 22.3 Å². The molecule has 1 amide bonds. The highest BCUT2D eigenvalue weighted by Crippen LogP contribution is 2.34. The summed E-state index contributed by atoms with van der Waals surface area (Å²) in [6.07, 6.45) is -0.581. The zero-order valence-electron chi connectivity index (χ0n) is 13.5. The van der Waals surface area contributed by atoms with Gasteiger partial charge in [-0.3, -0.25) is 5.32 Å². The Morgan fingerprint density at radius 1 is 1.21 bits per heavy atom. The lowest BCUT2D eigenvalue weighted by Gasteiger charge is -2.32. The number of fused-ring (bicyclic) bond motifs is 1. The first-order valence-electron chi connectivity index (χ1n) is 7.68. The highest BCUT2D eigenvalue weighted by Gasteiger charge is 2.22. The topological polar surface area (TPSA) is 52.6 Å². The maximum Gasteiger partial charge on any atom is 0.409 e. The van der Waals surface area contributed by atoms with E-state index in [4.69, 9.17) is 5.11 Å². The van der Waals surface area contributed by atoms with Gasteiger partial charge in [0.25, 0.3) is 0 Å². The molecular formula is C18H18F2N2O2. The van der Waals surface area contributed by atoms with Crippen LogP contribution in [-0.4, -0.2) is 17.7 Å². The fraction of sp³-hybridized carbons (Fsp3) is 0.278. The Balaban J connectivity index is 1.96. The summed E-state index contributed by atoms with van der Waals surface area (Å²) in [7, 11) is 0. The zero-order valence-corrected chi connectivity index (χ0v) is 13.5. The molecule has 0 radical (unpaired) electrons. The van der Waals surface area contributed by atoms with Gasteiger partial charge in [-0.15, -0.1) is 0 Å².